The summed E-state index contributed by atoms with van der Waals surface area (Å²) in [6.45, 7) is 11.6. The molecule has 0 spiro atoms. The highest BCUT2D eigenvalue weighted by Gasteiger charge is 2.36. The van der Waals surface area contributed by atoms with Crippen molar-refractivity contribution in [3.63, 3.8) is 0 Å². The summed E-state index contributed by atoms with van der Waals surface area (Å²) in [5.41, 5.74) is 2.24. The van der Waals surface area contributed by atoms with Crippen LogP contribution in [0.1, 0.15) is 89.0 Å². The van der Waals surface area contributed by atoms with E-state index in [9.17, 15) is 14.4 Å². The van der Waals surface area contributed by atoms with Gasteiger partial charge in [-0.15, -0.1) is 0 Å². The third-order valence-electron chi connectivity index (χ3n) is 6.28. The highest BCUT2D eigenvalue weighted by Crippen LogP contribution is 2.27. The molecule has 1 aliphatic carbocycles. The van der Waals surface area contributed by atoms with Crippen molar-refractivity contribution >= 4 is 30.5 Å². The van der Waals surface area contributed by atoms with Crippen LogP contribution in [0.2, 0.25) is 0 Å². The number of aryl methyl sites for hydroxylation is 2. The molecule has 0 radical (unpaired) electrons. The minimum Gasteiger partial charge on any atom is -0.444 e. The van der Waals surface area contributed by atoms with E-state index in [2.05, 4.69) is 23.3 Å². The molecule has 1 fully saturated rings. The SMILES string of the molecule is CCCN(C(=O)C(CS)NC(=O)OC(C)(C)C)C(C(=O)NC1CCCCC1)c1ccc(C)c(C)c1. The third kappa shape index (κ3) is 8.74. The van der Waals surface area contributed by atoms with Crippen molar-refractivity contribution in [1.82, 2.24) is 15.5 Å². The van der Waals surface area contributed by atoms with Crippen LogP contribution in [0.4, 0.5) is 4.79 Å². The molecule has 2 N–H and O–H groups in total. The van der Waals surface area contributed by atoms with Crippen LogP contribution in [0.5, 0.6) is 0 Å². The molecule has 3 amide bonds. The van der Waals surface area contributed by atoms with Crippen LogP contribution in [0, 0.1) is 13.8 Å². The number of benzene rings is 1. The van der Waals surface area contributed by atoms with E-state index in [4.69, 9.17) is 4.74 Å². The summed E-state index contributed by atoms with van der Waals surface area (Å²) in [6, 6.07) is 4.27. The quantitative estimate of drug-likeness (QED) is 0.419. The van der Waals surface area contributed by atoms with Crippen LogP contribution in [0.3, 0.4) is 0 Å². The maximum atomic E-state index is 13.8. The fraction of sp³-hybridized carbons (Fsp3) is 0.667. The average Bonchev–Trinajstić information content (AvgIpc) is 2.78. The predicted octanol–water partition coefficient (Wildman–Crippen LogP) is 4.86. The van der Waals surface area contributed by atoms with E-state index in [0.717, 1.165) is 42.4 Å². The lowest BCUT2D eigenvalue weighted by Gasteiger charge is -2.35. The molecule has 1 aliphatic rings. The van der Waals surface area contributed by atoms with E-state index in [1.54, 1.807) is 25.7 Å². The highest BCUT2D eigenvalue weighted by atomic mass is 32.1. The topological polar surface area (TPSA) is 87.7 Å². The summed E-state index contributed by atoms with van der Waals surface area (Å²) in [7, 11) is 0. The van der Waals surface area contributed by atoms with Gasteiger partial charge in [-0.05, 0) is 70.6 Å². The van der Waals surface area contributed by atoms with Gasteiger partial charge in [0.1, 0.15) is 17.7 Å². The Morgan fingerprint density at radius 3 is 2.31 bits per heavy atom. The van der Waals surface area contributed by atoms with Crippen molar-refractivity contribution < 1.29 is 19.1 Å². The largest absolute Gasteiger partial charge is 0.444 e. The molecule has 1 aromatic carbocycles. The van der Waals surface area contributed by atoms with Gasteiger partial charge in [0, 0.05) is 18.3 Å². The van der Waals surface area contributed by atoms with Gasteiger partial charge in [0.15, 0.2) is 0 Å². The van der Waals surface area contributed by atoms with Crippen LogP contribution >= 0.6 is 12.6 Å². The fourth-order valence-electron chi connectivity index (χ4n) is 4.38. The second-order valence-electron chi connectivity index (χ2n) is 10.5. The Morgan fingerprint density at radius 2 is 1.77 bits per heavy atom. The molecule has 35 heavy (non-hydrogen) atoms. The van der Waals surface area contributed by atoms with Gasteiger partial charge >= 0.3 is 6.09 Å². The first-order valence-electron chi connectivity index (χ1n) is 12.7. The number of rotatable bonds is 9. The Bertz CT molecular complexity index is 878. The van der Waals surface area contributed by atoms with Crippen LogP contribution in [0.25, 0.3) is 0 Å². The van der Waals surface area contributed by atoms with Crippen LogP contribution in [-0.2, 0) is 14.3 Å². The first-order valence-corrected chi connectivity index (χ1v) is 13.4. The molecule has 7 nitrogen and oxygen atoms in total. The molecule has 0 aliphatic heterocycles. The van der Waals surface area contributed by atoms with Gasteiger partial charge in [0.05, 0.1) is 0 Å². The maximum Gasteiger partial charge on any atom is 0.408 e. The van der Waals surface area contributed by atoms with Gasteiger partial charge in [0.2, 0.25) is 11.8 Å². The van der Waals surface area contributed by atoms with E-state index in [0.29, 0.717) is 13.0 Å². The summed E-state index contributed by atoms with van der Waals surface area (Å²) in [5, 5.41) is 5.86. The molecule has 2 rings (SSSR count). The minimum absolute atomic E-state index is 0.0855. The number of amides is 3. The van der Waals surface area contributed by atoms with Crippen LogP contribution in [-0.4, -0.2) is 52.8 Å². The number of carbonyl (C=O) groups is 3. The Hall–Kier alpha value is -2.22. The van der Waals surface area contributed by atoms with Crippen molar-refractivity contribution in [2.75, 3.05) is 12.3 Å². The number of carbonyl (C=O) groups excluding carboxylic acids is 3. The summed E-state index contributed by atoms with van der Waals surface area (Å²) in [5.74, 6) is -0.450. The second-order valence-corrected chi connectivity index (χ2v) is 10.9. The average molecular weight is 506 g/mol. The van der Waals surface area contributed by atoms with Crippen molar-refractivity contribution in [2.45, 2.75) is 104 Å². The Balaban J connectivity index is 2.38. The Morgan fingerprint density at radius 1 is 1.11 bits per heavy atom. The molecule has 0 heterocycles. The molecular formula is C27H43N3O4S. The van der Waals surface area contributed by atoms with E-state index in [1.165, 1.54) is 6.42 Å². The number of nitrogens with zero attached hydrogens (tertiary/aromatic N) is 1. The standard InChI is InChI=1S/C27H43N3O4S/c1-7-15-30(25(32)22(17-35)29-26(33)34-27(4,5)6)23(20-14-13-18(2)19(3)16-20)24(31)28-21-11-9-8-10-12-21/h13-14,16,21-23,35H,7-12,15,17H2,1-6H3,(H,28,31)(H,29,33). The zero-order valence-corrected chi connectivity index (χ0v) is 23.0. The highest BCUT2D eigenvalue weighted by molar-refractivity contribution is 7.80. The van der Waals surface area contributed by atoms with Crippen molar-refractivity contribution in [3.8, 4) is 0 Å². The first kappa shape index (κ1) is 29.0. The van der Waals surface area contributed by atoms with Crippen molar-refractivity contribution in [2.24, 2.45) is 0 Å². The molecule has 2 unspecified atom stereocenters. The zero-order chi connectivity index (χ0) is 26.2. The third-order valence-corrected chi connectivity index (χ3v) is 6.64. The monoisotopic (exact) mass is 505 g/mol. The number of nitrogens with one attached hydrogen (secondary N) is 2. The molecule has 8 heteroatoms. The van der Waals surface area contributed by atoms with Gasteiger partial charge in [-0.1, -0.05) is 44.4 Å². The summed E-state index contributed by atoms with van der Waals surface area (Å²) in [4.78, 5) is 41.5. The number of hydrogen-bond acceptors (Lipinski definition) is 5. The van der Waals surface area contributed by atoms with E-state index >= 15 is 0 Å². The molecular weight excluding hydrogens is 462 g/mol. The molecule has 2 atom stereocenters. The number of alkyl carbamates (subject to hydrolysis) is 1. The van der Waals surface area contributed by atoms with E-state index in [-0.39, 0.29) is 23.6 Å². The second kappa shape index (κ2) is 13.2. The van der Waals surface area contributed by atoms with Gasteiger partial charge in [-0.25, -0.2) is 4.79 Å². The van der Waals surface area contributed by atoms with Crippen LogP contribution < -0.4 is 10.6 Å². The lowest BCUT2D eigenvalue weighted by Crippen LogP contribution is -2.54. The molecule has 1 aromatic rings. The lowest BCUT2D eigenvalue weighted by atomic mass is 9.94. The zero-order valence-electron chi connectivity index (χ0n) is 22.1. The molecule has 196 valence electrons. The minimum atomic E-state index is -0.920. The molecule has 0 bridgehead atoms. The van der Waals surface area contributed by atoms with Gasteiger partial charge in [-0.2, -0.15) is 12.6 Å². The number of hydrogen-bond donors (Lipinski definition) is 3. The summed E-state index contributed by atoms with van der Waals surface area (Å²) in [6.07, 6.45) is 5.26. The van der Waals surface area contributed by atoms with Crippen molar-refractivity contribution in [3.05, 3.63) is 34.9 Å². The maximum absolute atomic E-state index is 13.8. The molecule has 0 aromatic heterocycles. The van der Waals surface area contributed by atoms with Gasteiger partial charge < -0.3 is 20.3 Å². The predicted molar refractivity (Wildman–Crippen MR) is 143 cm³/mol. The van der Waals surface area contributed by atoms with Crippen molar-refractivity contribution in [1.29, 1.82) is 0 Å². The number of thiol groups is 1. The fourth-order valence-corrected chi connectivity index (χ4v) is 4.62. The van der Waals surface area contributed by atoms with E-state index in [1.807, 2.05) is 39.0 Å². The Kier molecular flexibility index (Phi) is 10.9. The van der Waals surface area contributed by atoms with Gasteiger partial charge in [0.25, 0.3) is 0 Å². The summed E-state index contributed by atoms with van der Waals surface area (Å²) < 4.78 is 5.35. The molecule has 0 saturated heterocycles. The summed E-state index contributed by atoms with van der Waals surface area (Å²) >= 11 is 4.33. The first-order chi connectivity index (χ1) is 16.5. The normalized spacial score (nSPS) is 16.2. The smallest absolute Gasteiger partial charge is 0.408 e. The Labute approximate surface area is 216 Å². The van der Waals surface area contributed by atoms with E-state index < -0.39 is 23.8 Å². The van der Waals surface area contributed by atoms with Crippen LogP contribution in [0.15, 0.2) is 18.2 Å². The molecule has 1 saturated carbocycles. The lowest BCUT2D eigenvalue weighted by molar-refractivity contribution is -0.142. The van der Waals surface area contributed by atoms with Gasteiger partial charge in [-0.3, -0.25) is 9.59 Å². The number of ether oxygens (including phenoxy) is 1.